The van der Waals surface area contributed by atoms with Crippen molar-refractivity contribution in [2.24, 2.45) is 0 Å². The van der Waals surface area contributed by atoms with Crippen molar-refractivity contribution < 1.29 is 18.0 Å². The Morgan fingerprint density at radius 2 is 1.88 bits per heavy atom. The minimum atomic E-state index is -2.58. The molecular formula is C11H11BrF3NO. The average Bonchev–Trinajstić information content (AvgIpc) is 2.28. The van der Waals surface area contributed by atoms with Crippen LogP contribution in [0.2, 0.25) is 0 Å². The van der Waals surface area contributed by atoms with E-state index in [1.807, 2.05) is 0 Å². The number of hydrogen-bond acceptors (Lipinski definition) is 1. The van der Waals surface area contributed by atoms with Gasteiger partial charge in [0.25, 0.3) is 12.3 Å². The van der Waals surface area contributed by atoms with Gasteiger partial charge in [-0.2, -0.15) is 0 Å². The summed E-state index contributed by atoms with van der Waals surface area (Å²) in [6.07, 6.45) is -2.58. The first kappa shape index (κ1) is 14.0. The standard InChI is InChI=1S/C11H11BrF3NO/c12-5-6-16(7-10(14)15)11(17)8-1-3-9(13)4-2-8/h1-4,10H,5-7H2. The quantitative estimate of drug-likeness (QED) is 0.766. The minimum absolute atomic E-state index is 0.181. The third-order valence-electron chi connectivity index (χ3n) is 2.09. The molecule has 1 amide bonds. The molecule has 0 aliphatic rings. The molecule has 17 heavy (non-hydrogen) atoms. The molecule has 0 saturated heterocycles. The van der Waals surface area contributed by atoms with E-state index in [0.29, 0.717) is 5.33 Å². The number of nitrogens with zero attached hydrogens (tertiary/aromatic N) is 1. The van der Waals surface area contributed by atoms with Crippen LogP contribution in [0.5, 0.6) is 0 Å². The predicted molar refractivity (Wildman–Crippen MR) is 62.1 cm³/mol. The first-order chi connectivity index (χ1) is 8.04. The number of carbonyl (C=O) groups is 1. The van der Waals surface area contributed by atoms with Crippen molar-refractivity contribution in [2.45, 2.75) is 6.43 Å². The minimum Gasteiger partial charge on any atom is -0.332 e. The van der Waals surface area contributed by atoms with Crippen LogP contribution in [0.1, 0.15) is 10.4 Å². The molecule has 0 atom stereocenters. The van der Waals surface area contributed by atoms with Gasteiger partial charge in [-0.25, -0.2) is 13.2 Å². The Hall–Kier alpha value is -1.04. The number of hydrogen-bond donors (Lipinski definition) is 0. The molecule has 0 spiro atoms. The largest absolute Gasteiger partial charge is 0.332 e. The summed E-state index contributed by atoms with van der Waals surface area (Å²) < 4.78 is 37.2. The van der Waals surface area contributed by atoms with Crippen molar-refractivity contribution in [3.63, 3.8) is 0 Å². The van der Waals surface area contributed by atoms with Crippen molar-refractivity contribution in [3.8, 4) is 0 Å². The Morgan fingerprint density at radius 3 is 2.35 bits per heavy atom. The zero-order chi connectivity index (χ0) is 12.8. The first-order valence-corrected chi connectivity index (χ1v) is 6.05. The van der Waals surface area contributed by atoms with Gasteiger partial charge in [-0.1, -0.05) is 15.9 Å². The Bertz CT molecular complexity index is 369. The molecule has 0 aliphatic carbocycles. The van der Waals surface area contributed by atoms with E-state index in [0.717, 1.165) is 17.0 Å². The summed E-state index contributed by atoms with van der Waals surface area (Å²) >= 11 is 3.09. The molecule has 0 saturated carbocycles. The van der Waals surface area contributed by atoms with Crippen LogP contribution in [0.25, 0.3) is 0 Å². The van der Waals surface area contributed by atoms with Crippen molar-refractivity contribution in [2.75, 3.05) is 18.4 Å². The normalized spacial score (nSPS) is 10.6. The molecule has 94 valence electrons. The van der Waals surface area contributed by atoms with Crippen LogP contribution in [-0.2, 0) is 0 Å². The summed E-state index contributed by atoms with van der Waals surface area (Å²) in [5, 5.41) is 0.409. The molecule has 0 heterocycles. The second-order valence-electron chi connectivity index (χ2n) is 3.34. The van der Waals surface area contributed by atoms with E-state index in [1.165, 1.54) is 12.1 Å². The van der Waals surface area contributed by atoms with Crippen LogP contribution in [0, 0.1) is 5.82 Å². The summed E-state index contributed by atoms with van der Waals surface area (Å²) in [5.74, 6) is -0.993. The fourth-order valence-electron chi connectivity index (χ4n) is 1.32. The Labute approximate surface area is 106 Å². The van der Waals surface area contributed by atoms with Gasteiger partial charge < -0.3 is 4.90 Å². The molecule has 0 fully saturated rings. The fraction of sp³-hybridized carbons (Fsp3) is 0.364. The number of halogens is 4. The Kier molecular flexibility index (Phi) is 5.47. The van der Waals surface area contributed by atoms with Crippen LogP contribution in [-0.4, -0.2) is 35.7 Å². The molecule has 1 aromatic carbocycles. The molecule has 0 N–H and O–H groups in total. The molecule has 2 nitrogen and oxygen atoms in total. The summed E-state index contributed by atoms with van der Waals surface area (Å²) in [6.45, 7) is -0.442. The second-order valence-corrected chi connectivity index (χ2v) is 4.13. The Morgan fingerprint density at radius 1 is 1.29 bits per heavy atom. The SMILES string of the molecule is O=C(c1ccc(F)cc1)N(CCBr)CC(F)F. The summed E-state index contributed by atoms with van der Waals surface area (Å²) in [6, 6.07) is 4.82. The molecule has 1 rings (SSSR count). The number of amides is 1. The maximum atomic E-state index is 12.7. The highest BCUT2D eigenvalue weighted by Gasteiger charge is 2.18. The summed E-state index contributed by atoms with van der Waals surface area (Å²) in [5.41, 5.74) is 0.202. The lowest BCUT2D eigenvalue weighted by Crippen LogP contribution is -2.36. The highest BCUT2D eigenvalue weighted by molar-refractivity contribution is 9.09. The summed E-state index contributed by atoms with van der Waals surface area (Å²) in [4.78, 5) is 12.9. The van der Waals surface area contributed by atoms with Gasteiger partial charge in [0, 0.05) is 17.4 Å². The van der Waals surface area contributed by atoms with Crippen LogP contribution < -0.4 is 0 Å². The van der Waals surface area contributed by atoms with Gasteiger partial charge in [0.1, 0.15) is 5.82 Å². The van der Waals surface area contributed by atoms with E-state index in [9.17, 15) is 18.0 Å². The number of benzene rings is 1. The van der Waals surface area contributed by atoms with Gasteiger partial charge in [-0.3, -0.25) is 4.79 Å². The number of rotatable bonds is 5. The molecule has 0 aliphatic heterocycles. The van der Waals surface area contributed by atoms with Crippen molar-refractivity contribution in [3.05, 3.63) is 35.6 Å². The number of alkyl halides is 3. The smallest absolute Gasteiger partial charge is 0.255 e. The average molecular weight is 310 g/mol. The fourth-order valence-corrected chi connectivity index (χ4v) is 1.75. The maximum Gasteiger partial charge on any atom is 0.255 e. The number of carbonyl (C=O) groups excluding carboxylic acids is 1. The zero-order valence-corrected chi connectivity index (χ0v) is 10.5. The van der Waals surface area contributed by atoms with Gasteiger partial charge in [0.05, 0.1) is 6.54 Å². The zero-order valence-electron chi connectivity index (χ0n) is 8.88. The van der Waals surface area contributed by atoms with Gasteiger partial charge in [-0.15, -0.1) is 0 Å². The van der Waals surface area contributed by atoms with Crippen LogP contribution in [0.3, 0.4) is 0 Å². The molecule has 0 bridgehead atoms. The first-order valence-electron chi connectivity index (χ1n) is 4.93. The highest BCUT2D eigenvalue weighted by Crippen LogP contribution is 2.09. The van der Waals surface area contributed by atoms with Crippen molar-refractivity contribution >= 4 is 21.8 Å². The lowest BCUT2D eigenvalue weighted by Gasteiger charge is -2.21. The molecular weight excluding hydrogens is 299 g/mol. The van der Waals surface area contributed by atoms with E-state index < -0.39 is 24.7 Å². The highest BCUT2D eigenvalue weighted by atomic mass is 79.9. The van der Waals surface area contributed by atoms with E-state index in [-0.39, 0.29) is 12.1 Å². The molecule has 0 aromatic heterocycles. The third-order valence-corrected chi connectivity index (χ3v) is 2.45. The van der Waals surface area contributed by atoms with Crippen molar-refractivity contribution in [1.82, 2.24) is 4.90 Å². The maximum absolute atomic E-state index is 12.7. The molecule has 0 unspecified atom stereocenters. The predicted octanol–water partition coefficient (Wildman–Crippen LogP) is 2.93. The van der Waals surface area contributed by atoms with Crippen LogP contribution in [0.15, 0.2) is 24.3 Å². The lowest BCUT2D eigenvalue weighted by molar-refractivity contribution is 0.0572. The summed E-state index contributed by atoms with van der Waals surface area (Å²) in [7, 11) is 0. The van der Waals surface area contributed by atoms with Crippen LogP contribution >= 0.6 is 15.9 Å². The van der Waals surface area contributed by atoms with Gasteiger partial charge in [0.2, 0.25) is 0 Å². The van der Waals surface area contributed by atoms with Gasteiger partial charge in [-0.05, 0) is 24.3 Å². The van der Waals surface area contributed by atoms with Gasteiger partial charge in [0.15, 0.2) is 0 Å². The van der Waals surface area contributed by atoms with E-state index in [2.05, 4.69) is 15.9 Å². The van der Waals surface area contributed by atoms with E-state index in [1.54, 1.807) is 0 Å². The second kappa shape index (κ2) is 6.64. The van der Waals surface area contributed by atoms with Crippen molar-refractivity contribution in [1.29, 1.82) is 0 Å². The van der Waals surface area contributed by atoms with E-state index in [4.69, 9.17) is 0 Å². The van der Waals surface area contributed by atoms with Crippen LogP contribution in [0.4, 0.5) is 13.2 Å². The molecule has 6 heteroatoms. The molecule has 0 radical (unpaired) electrons. The lowest BCUT2D eigenvalue weighted by atomic mass is 10.2. The molecule has 1 aromatic rings. The third kappa shape index (κ3) is 4.38. The topological polar surface area (TPSA) is 20.3 Å². The monoisotopic (exact) mass is 309 g/mol. The Balaban J connectivity index is 2.79. The van der Waals surface area contributed by atoms with E-state index >= 15 is 0 Å². The van der Waals surface area contributed by atoms with Gasteiger partial charge >= 0.3 is 0 Å².